The van der Waals surface area contributed by atoms with Gasteiger partial charge in [-0.05, 0) is 151 Å². The fourth-order valence-electron chi connectivity index (χ4n) is 9.80. The molecule has 306 valence electrons. The normalized spacial score (nSPS) is 18.5. The van der Waals surface area contributed by atoms with Crippen molar-refractivity contribution in [1.82, 2.24) is 9.97 Å². The smallest absolute Gasteiger partial charge is 0.200 e. The number of aromatic amines is 1. The van der Waals surface area contributed by atoms with Gasteiger partial charge >= 0.3 is 0 Å². The van der Waals surface area contributed by atoms with E-state index in [0.29, 0.717) is 49.4 Å². The quantitative estimate of drug-likeness (QED) is 0.0498. The summed E-state index contributed by atoms with van der Waals surface area (Å²) in [5.74, 6) is -0.0808. The average Bonchev–Trinajstić information content (AvgIpc) is 3.92. The molecule has 3 heterocycles. The zero-order chi connectivity index (χ0) is 41.1. The second-order valence-electron chi connectivity index (χ2n) is 16.0. The molecular weight excluding hydrogens is 747 g/mol. The fourth-order valence-corrected chi connectivity index (χ4v) is 9.80. The summed E-state index contributed by atoms with van der Waals surface area (Å²) < 4.78 is 11.2. The molecule has 7 N–H and O–H groups in total. The molecule has 1 aliphatic carbocycles. The van der Waals surface area contributed by atoms with Crippen LogP contribution in [0.1, 0.15) is 66.5 Å². The number of methoxy groups -OCH3 is 1. The number of H-pyrrole nitrogens is 1. The summed E-state index contributed by atoms with van der Waals surface area (Å²) >= 11 is 0. The molecule has 6 aromatic rings. The van der Waals surface area contributed by atoms with Gasteiger partial charge in [-0.15, -0.1) is 0 Å². The minimum atomic E-state index is -1.04. The first-order valence-corrected chi connectivity index (χ1v) is 20.5. The number of aliphatic hydroxyl groups is 1. The minimum Gasteiger partial charge on any atom is -0.508 e. The van der Waals surface area contributed by atoms with Crippen LogP contribution in [-0.2, 0) is 35.9 Å². The first-order chi connectivity index (χ1) is 28.6. The van der Waals surface area contributed by atoms with E-state index in [1.165, 1.54) is 13.2 Å². The van der Waals surface area contributed by atoms with Crippen molar-refractivity contribution >= 4 is 28.1 Å². The lowest BCUT2D eigenvalue weighted by molar-refractivity contribution is -0.131. The Kier molecular flexibility index (Phi) is 11.4. The van der Waals surface area contributed by atoms with Crippen LogP contribution in [0.5, 0.6) is 34.5 Å². The number of hydrogen-bond donors (Lipinski definition) is 7. The van der Waals surface area contributed by atoms with Gasteiger partial charge in [0.2, 0.25) is 5.75 Å². The number of Topliss-reactive ketones (excluding diaryl/α,β-unsaturated/α-hetero) is 1. The molecule has 59 heavy (non-hydrogen) atoms. The number of phenols is 4. The SMILES string of the molecule is COc1cc(CCC(=O)[C@H]([C@H](O)CCc2ccc(O)c3c2CCCO3)[C@@]2(c3ccnc(Nc4ccc5cc(O)ccc5c4)c3)CCC[C@H]2Cc2ccc[nH]2)cc(O)c1O. The van der Waals surface area contributed by atoms with Gasteiger partial charge in [-0.25, -0.2) is 4.98 Å². The highest BCUT2D eigenvalue weighted by Gasteiger charge is 2.54. The topological polar surface area (TPSA) is 177 Å². The third-order valence-corrected chi connectivity index (χ3v) is 12.5. The monoisotopic (exact) mass is 797 g/mol. The Morgan fingerprint density at radius 2 is 1.81 bits per heavy atom. The number of benzene rings is 4. The van der Waals surface area contributed by atoms with Crippen molar-refractivity contribution in [2.75, 3.05) is 19.0 Å². The van der Waals surface area contributed by atoms with Crippen LogP contribution in [0, 0.1) is 11.8 Å². The van der Waals surface area contributed by atoms with Crippen LogP contribution in [0.4, 0.5) is 11.5 Å². The molecular formula is C48H51N3O8. The Bertz CT molecular complexity index is 2450. The van der Waals surface area contributed by atoms with Crippen molar-refractivity contribution in [1.29, 1.82) is 0 Å². The van der Waals surface area contributed by atoms with E-state index in [9.17, 15) is 25.5 Å². The number of ether oxygens (including phenoxy) is 2. The van der Waals surface area contributed by atoms with Gasteiger partial charge in [0.05, 0.1) is 25.7 Å². The Labute approximate surface area is 343 Å². The lowest BCUT2D eigenvalue weighted by Gasteiger charge is -2.45. The number of nitrogens with zero attached hydrogens (tertiary/aromatic N) is 1. The minimum absolute atomic E-state index is 0.0130. The van der Waals surface area contributed by atoms with Gasteiger partial charge in [0.1, 0.15) is 17.4 Å². The Morgan fingerprint density at radius 3 is 2.64 bits per heavy atom. The second kappa shape index (κ2) is 17.0. The number of pyridine rings is 1. The molecule has 2 aromatic heterocycles. The number of aromatic hydroxyl groups is 4. The summed E-state index contributed by atoms with van der Waals surface area (Å²) in [5, 5.41) is 59.3. The third kappa shape index (κ3) is 8.12. The zero-order valence-corrected chi connectivity index (χ0v) is 33.2. The number of carbonyl (C=O) groups excluding carboxylic acids is 1. The molecule has 0 radical (unpaired) electrons. The number of aromatic nitrogens is 2. The van der Waals surface area contributed by atoms with Crippen molar-refractivity contribution in [2.45, 2.75) is 75.7 Å². The number of rotatable bonds is 15. The van der Waals surface area contributed by atoms with E-state index in [2.05, 4.69) is 16.4 Å². The standard InChI is InChI=1S/C48H51N3O8/c1-58-43-24-29(23-42(56)46(43)57)8-15-39(53)45(40(54)16-11-30-12-17-41(55)47-38(30)7-4-22-59-47)48(19-2-5-33(48)27-35-6-3-20-49-35)34-18-21-50-44(28-34)51-36-13-9-32-26-37(52)14-10-31(32)25-36/h3,6,9-10,12-14,17-18,20-21,23-26,28,33,40,45,49,52,54-57H,2,4-5,7-8,11,15-16,19,22,27H2,1H3,(H,50,51)/t33-,40+,45+,48-/m0/s1. The summed E-state index contributed by atoms with van der Waals surface area (Å²) in [5.41, 5.74) is 4.57. The summed E-state index contributed by atoms with van der Waals surface area (Å²) in [6.07, 6.45) is 8.42. The van der Waals surface area contributed by atoms with E-state index in [4.69, 9.17) is 14.5 Å². The molecule has 4 atom stereocenters. The molecule has 8 rings (SSSR count). The van der Waals surface area contributed by atoms with E-state index in [1.54, 1.807) is 30.5 Å². The second-order valence-corrected chi connectivity index (χ2v) is 16.0. The van der Waals surface area contributed by atoms with Crippen molar-refractivity contribution in [2.24, 2.45) is 11.8 Å². The largest absolute Gasteiger partial charge is 0.508 e. The zero-order valence-electron chi connectivity index (χ0n) is 33.2. The number of fused-ring (bicyclic) bond motifs is 2. The molecule has 4 aromatic carbocycles. The van der Waals surface area contributed by atoms with Gasteiger partial charge in [-0.2, -0.15) is 0 Å². The molecule has 0 saturated heterocycles. The number of carbonyl (C=O) groups is 1. The van der Waals surface area contributed by atoms with Crippen LogP contribution in [0.15, 0.2) is 97.3 Å². The Morgan fingerprint density at radius 1 is 0.966 bits per heavy atom. The van der Waals surface area contributed by atoms with Crippen LogP contribution >= 0.6 is 0 Å². The van der Waals surface area contributed by atoms with Crippen molar-refractivity contribution in [3.8, 4) is 34.5 Å². The number of phenolic OH excluding ortho intramolecular Hbond substituents is 4. The molecule has 11 nitrogen and oxygen atoms in total. The maximum absolute atomic E-state index is 15.2. The Balaban J connectivity index is 1.19. The highest BCUT2D eigenvalue weighted by Crippen LogP contribution is 2.54. The number of aryl methyl sites for hydroxylation is 2. The van der Waals surface area contributed by atoms with Crippen LogP contribution in [0.3, 0.4) is 0 Å². The average molecular weight is 798 g/mol. The third-order valence-electron chi connectivity index (χ3n) is 12.5. The molecule has 1 saturated carbocycles. The van der Waals surface area contributed by atoms with Crippen LogP contribution in [0.25, 0.3) is 10.8 Å². The van der Waals surface area contributed by atoms with Gasteiger partial charge < -0.3 is 45.3 Å². The van der Waals surface area contributed by atoms with E-state index in [1.807, 2.05) is 54.7 Å². The number of ketones is 1. The summed E-state index contributed by atoms with van der Waals surface area (Å²) in [4.78, 5) is 23.3. The van der Waals surface area contributed by atoms with E-state index < -0.39 is 17.4 Å². The van der Waals surface area contributed by atoms with Crippen molar-refractivity contribution < 1.29 is 39.8 Å². The molecule has 0 bridgehead atoms. The first-order valence-electron chi connectivity index (χ1n) is 20.5. The summed E-state index contributed by atoms with van der Waals surface area (Å²) in [6.45, 7) is 0.535. The predicted octanol–water partition coefficient (Wildman–Crippen LogP) is 8.55. The lowest BCUT2D eigenvalue weighted by atomic mass is 9.59. The molecule has 2 aliphatic rings. The van der Waals surface area contributed by atoms with Crippen molar-refractivity contribution in [3.63, 3.8) is 0 Å². The van der Waals surface area contributed by atoms with Gasteiger partial charge in [0.15, 0.2) is 23.0 Å². The Hall–Kier alpha value is -6.20. The molecule has 0 amide bonds. The van der Waals surface area contributed by atoms with E-state index >= 15 is 4.79 Å². The summed E-state index contributed by atoms with van der Waals surface area (Å²) in [7, 11) is 1.41. The molecule has 11 heteroatoms. The molecule has 1 aliphatic heterocycles. The maximum Gasteiger partial charge on any atom is 0.200 e. The number of aliphatic hydroxyl groups excluding tert-OH is 1. The highest BCUT2D eigenvalue weighted by atomic mass is 16.5. The first kappa shape index (κ1) is 39.6. The van der Waals surface area contributed by atoms with Crippen LogP contribution in [0.2, 0.25) is 0 Å². The predicted molar refractivity (Wildman–Crippen MR) is 226 cm³/mol. The molecule has 1 fully saturated rings. The number of anilines is 2. The molecule has 0 unspecified atom stereocenters. The lowest BCUT2D eigenvalue weighted by Crippen LogP contribution is -2.49. The van der Waals surface area contributed by atoms with Gasteiger partial charge in [0.25, 0.3) is 0 Å². The highest BCUT2D eigenvalue weighted by molar-refractivity contribution is 5.87. The fraction of sp³-hybridized carbons (Fsp3) is 0.333. The van der Waals surface area contributed by atoms with Crippen LogP contribution < -0.4 is 14.8 Å². The number of nitrogens with one attached hydrogen (secondary N) is 2. The summed E-state index contributed by atoms with van der Waals surface area (Å²) in [6, 6.07) is 25.8. The van der Waals surface area contributed by atoms with E-state index in [0.717, 1.165) is 64.5 Å². The van der Waals surface area contributed by atoms with E-state index in [-0.39, 0.29) is 53.3 Å². The van der Waals surface area contributed by atoms with Crippen molar-refractivity contribution in [3.05, 3.63) is 125 Å². The van der Waals surface area contributed by atoms with Gasteiger partial charge in [-0.1, -0.05) is 24.6 Å². The van der Waals surface area contributed by atoms with Gasteiger partial charge in [-0.3, -0.25) is 4.79 Å². The number of hydrogen-bond acceptors (Lipinski definition) is 10. The molecule has 0 spiro atoms. The van der Waals surface area contributed by atoms with Gasteiger partial charge in [0, 0.05) is 41.2 Å². The maximum atomic E-state index is 15.2. The van der Waals surface area contributed by atoms with Crippen LogP contribution in [-0.4, -0.2) is 61.1 Å².